The summed E-state index contributed by atoms with van der Waals surface area (Å²) in [7, 11) is 0. The van der Waals surface area contributed by atoms with Crippen molar-refractivity contribution in [1.29, 1.82) is 0 Å². The molecule has 110 valence electrons. The van der Waals surface area contributed by atoms with Crippen LogP contribution >= 0.6 is 0 Å². The van der Waals surface area contributed by atoms with Crippen LogP contribution in [0.15, 0.2) is 36.4 Å². The van der Waals surface area contributed by atoms with Crippen LogP contribution in [-0.4, -0.2) is 11.0 Å². The molecule has 2 aromatic rings. The molecule has 3 nitrogen and oxygen atoms in total. The van der Waals surface area contributed by atoms with Gasteiger partial charge in [0.2, 0.25) is 0 Å². The maximum Gasteiger partial charge on any atom is 0.255 e. The third-order valence-corrected chi connectivity index (χ3v) is 3.19. The Balaban J connectivity index is 2.16. The molecule has 0 saturated heterocycles. The minimum absolute atomic E-state index is 0.120. The minimum atomic E-state index is -0.966. The minimum Gasteiger partial charge on any atom is -0.507 e. The number of benzene rings is 2. The Kier molecular flexibility index (Phi) is 4.21. The lowest BCUT2D eigenvalue weighted by Crippen LogP contribution is -2.26. The second-order valence-corrected chi connectivity index (χ2v) is 4.89. The number of phenolic OH excluding ortho intramolecular Hbond substituents is 1. The lowest BCUT2D eigenvalue weighted by molar-refractivity contribution is 0.0937. The highest BCUT2D eigenvalue weighted by Crippen LogP contribution is 2.21. The molecule has 0 aliphatic carbocycles. The Hall–Kier alpha value is -2.43. The molecule has 0 aliphatic rings. The van der Waals surface area contributed by atoms with Crippen molar-refractivity contribution in [2.75, 3.05) is 0 Å². The summed E-state index contributed by atoms with van der Waals surface area (Å²) in [5.41, 5.74) is 1.40. The summed E-state index contributed by atoms with van der Waals surface area (Å²) in [6.07, 6.45) is 0. The van der Waals surface area contributed by atoms with Crippen LogP contribution in [0.2, 0.25) is 0 Å². The van der Waals surface area contributed by atoms with Gasteiger partial charge in [-0.2, -0.15) is 0 Å². The van der Waals surface area contributed by atoms with Crippen LogP contribution in [0.1, 0.15) is 34.5 Å². The molecule has 0 heterocycles. The Labute approximate surface area is 121 Å². The number of amides is 1. The van der Waals surface area contributed by atoms with Crippen molar-refractivity contribution in [1.82, 2.24) is 5.32 Å². The predicted octanol–water partition coefficient (Wildman–Crippen LogP) is 3.47. The number of nitrogens with one attached hydrogen (secondary N) is 1. The first-order valence-corrected chi connectivity index (χ1v) is 6.44. The van der Waals surface area contributed by atoms with Gasteiger partial charge in [-0.25, -0.2) is 8.78 Å². The lowest BCUT2D eigenvalue weighted by atomic mass is 10.1. The van der Waals surface area contributed by atoms with Gasteiger partial charge >= 0.3 is 0 Å². The van der Waals surface area contributed by atoms with Crippen molar-refractivity contribution in [2.24, 2.45) is 0 Å². The van der Waals surface area contributed by atoms with Crippen LogP contribution in [0.4, 0.5) is 8.78 Å². The zero-order chi connectivity index (χ0) is 15.6. The molecule has 0 aromatic heterocycles. The fraction of sp³-hybridized carbons (Fsp3) is 0.188. The molecule has 0 bridgehead atoms. The molecule has 0 spiro atoms. The summed E-state index contributed by atoms with van der Waals surface area (Å²) in [6.45, 7) is 3.45. The van der Waals surface area contributed by atoms with Gasteiger partial charge in [-0.05, 0) is 49.2 Å². The first-order chi connectivity index (χ1) is 9.88. The largest absolute Gasteiger partial charge is 0.507 e. The SMILES string of the molecule is Cc1ccc(C(=O)NC(C)c2ccc(F)c(F)c2)c(O)c1. The van der Waals surface area contributed by atoms with Crippen molar-refractivity contribution in [3.63, 3.8) is 0 Å². The van der Waals surface area contributed by atoms with E-state index in [4.69, 9.17) is 0 Å². The van der Waals surface area contributed by atoms with Gasteiger partial charge in [-0.15, -0.1) is 0 Å². The van der Waals surface area contributed by atoms with Crippen molar-refractivity contribution in [3.05, 3.63) is 64.7 Å². The molecular weight excluding hydrogens is 276 g/mol. The van der Waals surface area contributed by atoms with Crippen LogP contribution in [-0.2, 0) is 0 Å². The number of carbonyl (C=O) groups is 1. The maximum absolute atomic E-state index is 13.2. The van der Waals surface area contributed by atoms with Gasteiger partial charge in [0, 0.05) is 0 Å². The number of carbonyl (C=O) groups excluding carboxylic acids is 1. The fourth-order valence-electron chi connectivity index (χ4n) is 1.97. The number of aryl methyl sites for hydroxylation is 1. The smallest absolute Gasteiger partial charge is 0.255 e. The van der Waals surface area contributed by atoms with Crippen LogP contribution in [0.3, 0.4) is 0 Å². The molecule has 0 radical (unpaired) electrons. The van der Waals surface area contributed by atoms with Gasteiger partial charge in [0.25, 0.3) is 5.91 Å². The topological polar surface area (TPSA) is 49.3 Å². The summed E-state index contributed by atoms with van der Waals surface area (Å²) in [4.78, 5) is 12.1. The lowest BCUT2D eigenvalue weighted by Gasteiger charge is -2.15. The predicted molar refractivity (Wildman–Crippen MR) is 75.1 cm³/mol. The van der Waals surface area contributed by atoms with Gasteiger partial charge in [0.1, 0.15) is 5.75 Å². The quantitative estimate of drug-likeness (QED) is 0.909. The summed E-state index contributed by atoms with van der Waals surface area (Å²) in [6, 6.07) is 7.63. The monoisotopic (exact) mass is 291 g/mol. The average molecular weight is 291 g/mol. The van der Waals surface area contributed by atoms with E-state index in [1.807, 2.05) is 0 Å². The number of aromatic hydroxyl groups is 1. The van der Waals surface area contributed by atoms with E-state index in [2.05, 4.69) is 5.32 Å². The van der Waals surface area contributed by atoms with Gasteiger partial charge in [0.15, 0.2) is 11.6 Å². The van der Waals surface area contributed by atoms with E-state index in [0.29, 0.717) is 5.56 Å². The van der Waals surface area contributed by atoms with Gasteiger partial charge in [0.05, 0.1) is 11.6 Å². The number of hydrogen-bond acceptors (Lipinski definition) is 2. The second-order valence-electron chi connectivity index (χ2n) is 4.89. The first-order valence-electron chi connectivity index (χ1n) is 6.44. The molecule has 0 saturated carbocycles. The Morgan fingerprint density at radius 1 is 1.14 bits per heavy atom. The Morgan fingerprint density at radius 2 is 1.86 bits per heavy atom. The highest BCUT2D eigenvalue weighted by atomic mass is 19.2. The molecule has 5 heteroatoms. The number of phenols is 1. The summed E-state index contributed by atoms with van der Waals surface area (Å²) in [5, 5.41) is 12.4. The van der Waals surface area contributed by atoms with E-state index in [0.717, 1.165) is 17.7 Å². The Bertz CT molecular complexity index is 686. The highest BCUT2D eigenvalue weighted by molar-refractivity contribution is 5.97. The zero-order valence-electron chi connectivity index (χ0n) is 11.7. The molecule has 1 unspecified atom stereocenters. The third-order valence-electron chi connectivity index (χ3n) is 3.19. The summed E-state index contributed by atoms with van der Waals surface area (Å²) in [5.74, 6) is -2.50. The Morgan fingerprint density at radius 3 is 2.48 bits per heavy atom. The first kappa shape index (κ1) is 15.0. The van der Waals surface area contributed by atoms with E-state index in [9.17, 15) is 18.7 Å². The molecule has 0 fully saturated rings. The molecule has 2 N–H and O–H groups in total. The summed E-state index contributed by atoms with van der Waals surface area (Å²) >= 11 is 0. The van der Waals surface area contributed by atoms with Crippen LogP contribution in [0.25, 0.3) is 0 Å². The second kappa shape index (κ2) is 5.91. The van der Waals surface area contributed by atoms with Gasteiger partial charge < -0.3 is 10.4 Å². The maximum atomic E-state index is 13.2. The van der Waals surface area contributed by atoms with E-state index < -0.39 is 23.6 Å². The average Bonchev–Trinajstić information content (AvgIpc) is 2.41. The van der Waals surface area contributed by atoms with E-state index >= 15 is 0 Å². The number of rotatable bonds is 3. The molecule has 21 heavy (non-hydrogen) atoms. The molecule has 1 amide bonds. The molecule has 1 atom stereocenters. The number of hydrogen-bond donors (Lipinski definition) is 2. The fourth-order valence-corrected chi connectivity index (χ4v) is 1.97. The van der Waals surface area contributed by atoms with E-state index in [1.54, 1.807) is 19.9 Å². The summed E-state index contributed by atoms with van der Waals surface area (Å²) < 4.78 is 26.1. The molecule has 0 aliphatic heterocycles. The van der Waals surface area contributed by atoms with E-state index in [-0.39, 0.29) is 11.3 Å². The molecular formula is C16H15F2NO2. The molecule has 2 aromatic carbocycles. The van der Waals surface area contributed by atoms with Crippen LogP contribution in [0.5, 0.6) is 5.75 Å². The van der Waals surface area contributed by atoms with Crippen molar-refractivity contribution in [3.8, 4) is 5.75 Å². The number of halogens is 2. The van der Waals surface area contributed by atoms with Crippen molar-refractivity contribution >= 4 is 5.91 Å². The van der Waals surface area contributed by atoms with Gasteiger partial charge in [-0.1, -0.05) is 12.1 Å². The van der Waals surface area contributed by atoms with Crippen LogP contribution in [0, 0.1) is 18.6 Å². The molecule has 2 rings (SSSR count). The van der Waals surface area contributed by atoms with E-state index in [1.165, 1.54) is 18.2 Å². The van der Waals surface area contributed by atoms with Gasteiger partial charge in [-0.3, -0.25) is 4.79 Å². The van der Waals surface area contributed by atoms with Crippen molar-refractivity contribution in [2.45, 2.75) is 19.9 Å². The normalized spacial score (nSPS) is 12.0. The standard InChI is InChI=1S/C16H15F2NO2/c1-9-3-5-12(15(20)7-9)16(21)19-10(2)11-4-6-13(17)14(18)8-11/h3-8,10,20H,1-2H3,(H,19,21). The van der Waals surface area contributed by atoms with Crippen molar-refractivity contribution < 1.29 is 18.7 Å². The zero-order valence-corrected chi connectivity index (χ0v) is 11.7. The van der Waals surface area contributed by atoms with Crippen LogP contribution < -0.4 is 5.32 Å². The highest BCUT2D eigenvalue weighted by Gasteiger charge is 2.16. The third kappa shape index (κ3) is 3.37.